The number of halogens is 2. The Labute approximate surface area is 111 Å². The zero-order chi connectivity index (χ0) is 12.7. The van der Waals surface area contributed by atoms with E-state index in [4.69, 9.17) is 32.7 Å². The van der Waals surface area contributed by atoms with Crippen molar-refractivity contribution in [3.8, 4) is 0 Å². The van der Waals surface area contributed by atoms with Crippen molar-refractivity contribution in [3.05, 3.63) is 33.8 Å². The third-order valence-corrected chi connectivity index (χ3v) is 3.14. The first-order valence-corrected chi connectivity index (χ1v) is 6.11. The lowest BCUT2D eigenvalue weighted by Gasteiger charge is -2.13. The lowest BCUT2D eigenvalue weighted by Crippen LogP contribution is -2.07. The minimum Gasteiger partial charge on any atom is -0.388 e. The number of benzene rings is 1. The number of rotatable bonds is 7. The normalized spacial score (nSPS) is 12.7. The Morgan fingerprint density at radius 1 is 1.24 bits per heavy atom. The van der Waals surface area contributed by atoms with Gasteiger partial charge in [-0.25, -0.2) is 0 Å². The van der Waals surface area contributed by atoms with Gasteiger partial charge in [0, 0.05) is 25.7 Å². The summed E-state index contributed by atoms with van der Waals surface area (Å²) in [5, 5.41) is 10.8. The molecule has 1 N–H and O–H groups in total. The molecule has 0 aliphatic heterocycles. The van der Waals surface area contributed by atoms with E-state index in [1.165, 1.54) is 0 Å². The third-order valence-electron chi connectivity index (χ3n) is 2.31. The van der Waals surface area contributed by atoms with Gasteiger partial charge in [0.2, 0.25) is 0 Å². The maximum atomic E-state index is 9.93. The summed E-state index contributed by atoms with van der Waals surface area (Å²) < 4.78 is 10.1. The molecule has 0 aliphatic carbocycles. The molecule has 0 aromatic heterocycles. The Kier molecular flexibility index (Phi) is 6.85. The standard InChI is InChI=1S/C12H16Cl2O3/c1-16-7-8-17-6-5-11(15)9-3-2-4-10(13)12(9)14/h2-4,11,15H,5-8H2,1H3. The fourth-order valence-electron chi connectivity index (χ4n) is 1.37. The van der Waals surface area contributed by atoms with Crippen LogP contribution in [0.2, 0.25) is 10.0 Å². The molecule has 0 aliphatic rings. The predicted octanol–water partition coefficient (Wildman–Crippen LogP) is 3.08. The van der Waals surface area contributed by atoms with Crippen LogP contribution in [0.3, 0.4) is 0 Å². The number of hydrogen-bond donors (Lipinski definition) is 1. The molecule has 1 unspecified atom stereocenters. The fraction of sp³-hybridized carbons (Fsp3) is 0.500. The molecular formula is C12H16Cl2O3. The van der Waals surface area contributed by atoms with E-state index in [-0.39, 0.29) is 0 Å². The Bertz CT molecular complexity index is 345. The first kappa shape index (κ1) is 14.7. The minimum atomic E-state index is -0.663. The Morgan fingerprint density at radius 2 is 2.00 bits per heavy atom. The van der Waals surface area contributed by atoms with Crippen LogP contribution in [-0.2, 0) is 9.47 Å². The molecule has 0 heterocycles. The molecule has 5 heteroatoms. The summed E-state index contributed by atoms with van der Waals surface area (Å²) in [6.07, 6.45) is -0.187. The minimum absolute atomic E-state index is 0.401. The van der Waals surface area contributed by atoms with Crippen LogP contribution in [0.1, 0.15) is 18.1 Å². The highest BCUT2D eigenvalue weighted by Gasteiger charge is 2.13. The maximum absolute atomic E-state index is 9.93. The van der Waals surface area contributed by atoms with E-state index in [2.05, 4.69) is 0 Å². The molecule has 0 amide bonds. The van der Waals surface area contributed by atoms with Gasteiger partial charge in [-0.1, -0.05) is 35.3 Å². The summed E-state index contributed by atoms with van der Waals surface area (Å²) in [7, 11) is 1.62. The van der Waals surface area contributed by atoms with Crippen molar-refractivity contribution in [1.29, 1.82) is 0 Å². The second kappa shape index (κ2) is 7.90. The quantitative estimate of drug-likeness (QED) is 0.779. The molecule has 17 heavy (non-hydrogen) atoms. The average Bonchev–Trinajstić information content (AvgIpc) is 2.32. The third kappa shape index (κ3) is 4.82. The lowest BCUT2D eigenvalue weighted by molar-refractivity contribution is 0.0476. The number of aliphatic hydroxyl groups excluding tert-OH is 1. The van der Waals surface area contributed by atoms with E-state index in [0.717, 1.165) is 0 Å². The molecule has 0 saturated carbocycles. The van der Waals surface area contributed by atoms with Crippen molar-refractivity contribution in [2.24, 2.45) is 0 Å². The highest BCUT2D eigenvalue weighted by atomic mass is 35.5. The maximum Gasteiger partial charge on any atom is 0.0826 e. The summed E-state index contributed by atoms with van der Waals surface area (Å²) in [6, 6.07) is 5.21. The number of hydrogen-bond acceptors (Lipinski definition) is 3. The summed E-state index contributed by atoms with van der Waals surface area (Å²) in [6.45, 7) is 1.52. The lowest BCUT2D eigenvalue weighted by atomic mass is 10.1. The summed E-state index contributed by atoms with van der Waals surface area (Å²) in [4.78, 5) is 0. The number of methoxy groups -OCH3 is 1. The first-order chi connectivity index (χ1) is 8.16. The second-order valence-corrected chi connectivity index (χ2v) is 4.34. The van der Waals surface area contributed by atoms with Crippen molar-refractivity contribution in [1.82, 2.24) is 0 Å². The van der Waals surface area contributed by atoms with E-state index < -0.39 is 6.10 Å². The van der Waals surface area contributed by atoms with Gasteiger partial charge in [-0.15, -0.1) is 0 Å². The topological polar surface area (TPSA) is 38.7 Å². The first-order valence-electron chi connectivity index (χ1n) is 5.35. The second-order valence-electron chi connectivity index (χ2n) is 3.55. The fourth-order valence-corrected chi connectivity index (χ4v) is 1.81. The number of aliphatic hydroxyl groups is 1. The van der Waals surface area contributed by atoms with Crippen molar-refractivity contribution in [2.75, 3.05) is 26.9 Å². The van der Waals surface area contributed by atoms with Gasteiger partial charge in [0.25, 0.3) is 0 Å². The smallest absolute Gasteiger partial charge is 0.0826 e. The molecule has 0 bridgehead atoms. The van der Waals surface area contributed by atoms with Gasteiger partial charge in [-0.3, -0.25) is 0 Å². The van der Waals surface area contributed by atoms with E-state index >= 15 is 0 Å². The zero-order valence-electron chi connectivity index (χ0n) is 9.66. The highest BCUT2D eigenvalue weighted by molar-refractivity contribution is 6.42. The van der Waals surface area contributed by atoms with Crippen molar-refractivity contribution in [2.45, 2.75) is 12.5 Å². The Balaban J connectivity index is 2.41. The largest absolute Gasteiger partial charge is 0.388 e. The van der Waals surface area contributed by atoms with Crippen LogP contribution in [0.4, 0.5) is 0 Å². The van der Waals surface area contributed by atoms with Gasteiger partial charge < -0.3 is 14.6 Å². The van der Waals surface area contributed by atoms with Gasteiger partial charge in [0.1, 0.15) is 0 Å². The summed E-state index contributed by atoms with van der Waals surface area (Å²) >= 11 is 11.9. The Hall–Kier alpha value is -0.320. The Morgan fingerprint density at radius 3 is 2.71 bits per heavy atom. The van der Waals surface area contributed by atoms with Crippen LogP contribution < -0.4 is 0 Å². The van der Waals surface area contributed by atoms with Gasteiger partial charge in [-0.05, 0) is 6.07 Å². The molecule has 96 valence electrons. The molecule has 0 spiro atoms. The van der Waals surface area contributed by atoms with Gasteiger partial charge >= 0.3 is 0 Å². The molecule has 0 fully saturated rings. The monoisotopic (exact) mass is 278 g/mol. The highest BCUT2D eigenvalue weighted by Crippen LogP contribution is 2.31. The summed E-state index contributed by atoms with van der Waals surface area (Å²) in [5.74, 6) is 0. The van der Waals surface area contributed by atoms with Crippen LogP contribution >= 0.6 is 23.2 Å². The van der Waals surface area contributed by atoms with Crippen LogP contribution in [0, 0.1) is 0 Å². The van der Waals surface area contributed by atoms with Crippen LogP contribution in [0.15, 0.2) is 18.2 Å². The summed E-state index contributed by atoms with van der Waals surface area (Å²) in [5.41, 5.74) is 0.634. The van der Waals surface area contributed by atoms with Crippen LogP contribution in [0.25, 0.3) is 0 Å². The average molecular weight is 279 g/mol. The van der Waals surface area contributed by atoms with Gasteiger partial charge in [0.15, 0.2) is 0 Å². The molecule has 1 aromatic rings. The van der Waals surface area contributed by atoms with Crippen molar-refractivity contribution < 1.29 is 14.6 Å². The van der Waals surface area contributed by atoms with Crippen LogP contribution in [0.5, 0.6) is 0 Å². The van der Waals surface area contributed by atoms with E-state index in [9.17, 15) is 5.11 Å². The number of ether oxygens (including phenoxy) is 2. The van der Waals surface area contributed by atoms with Crippen LogP contribution in [-0.4, -0.2) is 32.0 Å². The molecule has 3 nitrogen and oxygen atoms in total. The van der Waals surface area contributed by atoms with Crippen molar-refractivity contribution in [3.63, 3.8) is 0 Å². The SMILES string of the molecule is COCCOCCC(O)c1cccc(Cl)c1Cl. The predicted molar refractivity (Wildman–Crippen MR) is 68.7 cm³/mol. The zero-order valence-corrected chi connectivity index (χ0v) is 11.2. The van der Waals surface area contributed by atoms with E-state index in [0.29, 0.717) is 41.9 Å². The van der Waals surface area contributed by atoms with E-state index in [1.807, 2.05) is 0 Å². The van der Waals surface area contributed by atoms with E-state index in [1.54, 1.807) is 25.3 Å². The molecule has 1 atom stereocenters. The van der Waals surface area contributed by atoms with Crippen molar-refractivity contribution >= 4 is 23.2 Å². The van der Waals surface area contributed by atoms with Gasteiger partial charge in [0.05, 0.1) is 29.4 Å². The molecule has 0 saturated heterocycles. The van der Waals surface area contributed by atoms with Gasteiger partial charge in [-0.2, -0.15) is 0 Å². The molecule has 0 radical (unpaired) electrons. The molecule has 1 aromatic carbocycles. The molecule has 1 rings (SSSR count). The molecular weight excluding hydrogens is 263 g/mol.